The second-order valence-corrected chi connectivity index (χ2v) is 5.38. The van der Waals surface area contributed by atoms with E-state index in [0.717, 1.165) is 0 Å². The molecule has 1 unspecified atom stereocenters. The molecule has 1 atom stereocenters. The molecule has 0 radical (unpaired) electrons. The summed E-state index contributed by atoms with van der Waals surface area (Å²) < 4.78 is 12.9. The second kappa shape index (κ2) is 6.75. The number of nitrogens with one attached hydrogen (secondary N) is 1. The van der Waals surface area contributed by atoms with Gasteiger partial charge in [0.05, 0.1) is 12.0 Å². The van der Waals surface area contributed by atoms with Gasteiger partial charge in [-0.25, -0.2) is 4.39 Å². The minimum atomic E-state index is -0.920. The maximum atomic E-state index is 12.9. The van der Waals surface area contributed by atoms with Crippen molar-refractivity contribution in [1.82, 2.24) is 5.32 Å². The zero-order chi connectivity index (χ0) is 13.6. The van der Waals surface area contributed by atoms with Gasteiger partial charge >= 0.3 is 0 Å². The van der Waals surface area contributed by atoms with E-state index >= 15 is 0 Å². The molecule has 18 heavy (non-hydrogen) atoms. The van der Waals surface area contributed by atoms with Crippen molar-refractivity contribution in [2.75, 3.05) is 18.6 Å². The van der Waals surface area contributed by atoms with Gasteiger partial charge in [0, 0.05) is 12.3 Å². The molecule has 1 rings (SSSR count). The zero-order valence-electron chi connectivity index (χ0n) is 10.6. The lowest BCUT2D eigenvalue weighted by Crippen LogP contribution is -2.42. The number of halogens is 1. The van der Waals surface area contributed by atoms with Crippen molar-refractivity contribution < 1.29 is 14.3 Å². The van der Waals surface area contributed by atoms with Gasteiger partial charge < -0.3 is 10.4 Å². The molecule has 0 aliphatic heterocycles. The molecule has 0 aromatic heterocycles. The van der Waals surface area contributed by atoms with E-state index in [1.807, 2.05) is 6.26 Å². The van der Waals surface area contributed by atoms with Crippen LogP contribution in [0.15, 0.2) is 24.3 Å². The standard InChI is InChI=1S/C13H18FNO2S/c1-13(17,9-18-2)8-15-12(16)7-10-4-3-5-11(14)6-10/h3-6,17H,7-9H2,1-2H3,(H,15,16). The van der Waals surface area contributed by atoms with Crippen LogP contribution in [0, 0.1) is 5.82 Å². The summed E-state index contributed by atoms with van der Waals surface area (Å²) in [6.45, 7) is 1.87. The molecule has 5 heteroatoms. The molecule has 1 aromatic carbocycles. The van der Waals surface area contributed by atoms with Crippen LogP contribution in [0.3, 0.4) is 0 Å². The third-order valence-electron chi connectivity index (χ3n) is 2.38. The van der Waals surface area contributed by atoms with Crippen molar-refractivity contribution in [2.24, 2.45) is 0 Å². The highest BCUT2D eigenvalue weighted by molar-refractivity contribution is 7.98. The van der Waals surface area contributed by atoms with Gasteiger partial charge in [-0.2, -0.15) is 11.8 Å². The number of rotatable bonds is 6. The van der Waals surface area contributed by atoms with Crippen molar-refractivity contribution in [3.63, 3.8) is 0 Å². The predicted octanol–water partition coefficient (Wildman–Crippen LogP) is 1.60. The first kappa shape index (κ1) is 15.0. The summed E-state index contributed by atoms with van der Waals surface area (Å²) in [5.74, 6) is -0.0237. The van der Waals surface area contributed by atoms with Crippen LogP contribution in [-0.2, 0) is 11.2 Å². The van der Waals surface area contributed by atoms with E-state index in [0.29, 0.717) is 11.3 Å². The Morgan fingerprint density at radius 2 is 2.28 bits per heavy atom. The first-order valence-electron chi connectivity index (χ1n) is 5.65. The normalized spacial score (nSPS) is 14.0. The number of thioether (sulfide) groups is 1. The van der Waals surface area contributed by atoms with Gasteiger partial charge in [0.2, 0.25) is 5.91 Å². The Kier molecular flexibility index (Phi) is 5.62. The number of amides is 1. The Morgan fingerprint density at radius 3 is 2.89 bits per heavy atom. The fraction of sp³-hybridized carbons (Fsp3) is 0.462. The number of aliphatic hydroxyl groups is 1. The summed E-state index contributed by atoms with van der Waals surface area (Å²) in [5.41, 5.74) is -0.297. The van der Waals surface area contributed by atoms with Crippen LogP contribution >= 0.6 is 11.8 Å². The van der Waals surface area contributed by atoms with Crippen molar-refractivity contribution in [1.29, 1.82) is 0 Å². The SMILES string of the molecule is CSCC(C)(O)CNC(=O)Cc1cccc(F)c1. The van der Waals surface area contributed by atoms with Crippen LogP contribution in [0.25, 0.3) is 0 Å². The molecular weight excluding hydrogens is 253 g/mol. The first-order chi connectivity index (χ1) is 8.43. The van der Waals surface area contributed by atoms with Gasteiger partial charge in [-0.3, -0.25) is 4.79 Å². The monoisotopic (exact) mass is 271 g/mol. The highest BCUT2D eigenvalue weighted by Gasteiger charge is 2.20. The van der Waals surface area contributed by atoms with E-state index in [9.17, 15) is 14.3 Å². The Hall–Kier alpha value is -1.07. The molecule has 1 amide bonds. The number of hydrogen-bond donors (Lipinski definition) is 2. The zero-order valence-corrected chi connectivity index (χ0v) is 11.4. The predicted molar refractivity (Wildman–Crippen MR) is 72.1 cm³/mol. The quantitative estimate of drug-likeness (QED) is 0.826. The van der Waals surface area contributed by atoms with Crippen LogP contribution in [0.1, 0.15) is 12.5 Å². The molecule has 0 bridgehead atoms. The molecule has 2 N–H and O–H groups in total. The minimum absolute atomic E-state index is 0.118. The summed E-state index contributed by atoms with van der Waals surface area (Å²) in [4.78, 5) is 11.6. The van der Waals surface area contributed by atoms with Gasteiger partial charge in [-0.05, 0) is 30.9 Å². The molecule has 0 aliphatic carbocycles. The van der Waals surface area contributed by atoms with E-state index in [1.165, 1.54) is 23.9 Å². The second-order valence-electron chi connectivity index (χ2n) is 4.51. The smallest absolute Gasteiger partial charge is 0.224 e. The summed E-state index contributed by atoms with van der Waals surface area (Å²) in [7, 11) is 0. The lowest BCUT2D eigenvalue weighted by atomic mass is 10.1. The average Bonchev–Trinajstić information content (AvgIpc) is 2.26. The van der Waals surface area contributed by atoms with Gasteiger partial charge in [0.1, 0.15) is 5.82 Å². The van der Waals surface area contributed by atoms with E-state index in [-0.39, 0.29) is 24.7 Å². The molecule has 100 valence electrons. The number of carbonyl (C=O) groups excluding carboxylic acids is 1. The molecule has 0 fully saturated rings. The molecule has 0 saturated heterocycles. The number of hydrogen-bond acceptors (Lipinski definition) is 3. The van der Waals surface area contributed by atoms with Crippen molar-refractivity contribution >= 4 is 17.7 Å². The Labute approximate surface area is 111 Å². The van der Waals surface area contributed by atoms with E-state index in [4.69, 9.17) is 0 Å². The fourth-order valence-corrected chi connectivity index (χ4v) is 2.27. The molecule has 0 saturated carbocycles. The largest absolute Gasteiger partial charge is 0.387 e. The summed E-state index contributed by atoms with van der Waals surface area (Å²) >= 11 is 1.52. The van der Waals surface area contributed by atoms with Gasteiger partial charge in [-0.1, -0.05) is 12.1 Å². The van der Waals surface area contributed by atoms with Crippen LogP contribution in [0.5, 0.6) is 0 Å². The van der Waals surface area contributed by atoms with Gasteiger partial charge in [0.25, 0.3) is 0 Å². The minimum Gasteiger partial charge on any atom is -0.387 e. The van der Waals surface area contributed by atoms with E-state index in [2.05, 4.69) is 5.32 Å². The lowest BCUT2D eigenvalue weighted by molar-refractivity contribution is -0.121. The van der Waals surface area contributed by atoms with E-state index < -0.39 is 5.60 Å². The third kappa shape index (κ3) is 5.51. The number of benzene rings is 1. The molecule has 0 aliphatic rings. The lowest BCUT2D eigenvalue weighted by Gasteiger charge is -2.22. The summed E-state index contributed by atoms with van der Waals surface area (Å²) in [6, 6.07) is 5.94. The number of carbonyl (C=O) groups is 1. The summed E-state index contributed by atoms with van der Waals surface area (Å²) in [5, 5.41) is 12.5. The molecular formula is C13H18FNO2S. The van der Waals surface area contributed by atoms with Crippen LogP contribution in [0.2, 0.25) is 0 Å². The Bertz CT molecular complexity index is 410. The van der Waals surface area contributed by atoms with Crippen molar-refractivity contribution in [2.45, 2.75) is 18.9 Å². The van der Waals surface area contributed by atoms with Crippen molar-refractivity contribution in [3.05, 3.63) is 35.6 Å². The molecule has 3 nitrogen and oxygen atoms in total. The van der Waals surface area contributed by atoms with Gasteiger partial charge in [-0.15, -0.1) is 0 Å². The van der Waals surface area contributed by atoms with Crippen LogP contribution in [0.4, 0.5) is 4.39 Å². The maximum absolute atomic E-state index is 12.9. The van der Waals surface area contributed by atoms with Gasteiger partial charge in [0.15, 0.2) is 0 Å². The average molecular weight is 271 g/mol. The Morgan fingerprint density at radius 1 is 1.56 bits per heavy atom. The van der Waals surface area contributed by atoms with Crippen LogP contribution < -0.4 is 5.32 Å². The topological polar surface area (TPSA) is 49.3 Å². The van der Waals surface area contributed by atoms with E-state index in [1.54, 1.807) is 19.1 Å². The van der Waals surface area contributed by atoms with Crippen molar-refractivity contribution in [3.8, 4) is 0 Å². The third-order valence-corrected chi connectivity index (χ3v) is 3.29. The van der Waals surface area contributed by atoms with Crippen LogP contribution in [-0.4, -0.2) is 35.2 Å². The highest BCUT2D eigenvalue weighted by Crippen LogP contribution is 2.09. The molecule has 0 spiro atoms. The molecule has 0 heterocycles. The Balaban J connectivity index is 2.43. The summed E-state index contributed by atoms with van der Waals surface area (Å²) in [6.07, 6.45) is 2.01. The fourth-order valence-electron chi connectivity index (χ4n) is 1.55. The maximum Gasteiger partial charge on any atom is 0.224 e. The molecule has 1 aromatic rings. The first-order valence-corrected chi connectivity index (χ1v) is 7.05. The highest BCUT2D eigenvalue weighted by atomic mass is 32.2.